The third-order valence-corrected chi connectivity index (χ3v) is 5.06. The summed E-state index contributed by atoms with van der Waals surface area (Å²) in [4.78, 5) is 26.9. The number of fused-ring (bicyclic) bond motifs is 1. The van der Waals surface area contributed by atoms with Crippen LogP contribution in [-0.2, 0) is 6.54 Å². The molecule has 5 heteroatoms. The number of rotatable bonds is 4. The maximum absolute atomic E-state index is 12.8. The van der Waals surface area contributed by atoms with Gasteiger partial charge in [0.25, 0.3) is 11.5 Å². The van der Waals surface area contributed by atoms with E-state index in [2.05, 4.69) is 13.8 Å². The zero-order chi connectivity index (χ0) is 19.7. The number of nitrogens with zero attached hydrogens (tertiary/aromatic N) is 2. The Morgan fingerprint density at radius 2 is 1.89 bits per heavy atom. The molecule has 0 fully saturated rings. The first-order valence-corrected chi connectivity index (χ1v) is 9.42. The van der Waals surface area contributed by atoms with Gasteiger partial charge in [-0.2, -0.15) is 0 Å². The Kier molecular flexibility index (Phi) is 5.38. The molecule has 0 bridgehead atoms. The Labute approximate surface area is 164 Å². The van der Waals surface area contributed by atoms with Crippen molar-refractivity contribution >= 4 is 34.1 Å². The van der Waals surface area contributed by atoms with Crippen molar-refractivity contribution in [2.45, 2.75) is 33.2 Å². The molecule has 0 spiro atoms. The van der Waals surface area contributed by atoms with E-state index in [1.165, 1.54) is 0 Å². The summed E-state index contributed by atoms with van der Waals surface area (Å²) in [5.74, 6) is 0.0719. The van der Waals surface area contributed by atoms with Crippen molar-refractivity contribution in [3.05, 3.63) is 75.0 Å². The van der Waals surface area contributed by atoms with Crippen molar-refractivity contribution in [1.29, 1.82) is 0 Å². The number of halogens is 1. The Balaban J connectivity index is 2.13. The van der Waals surface area contributed by atoms with E-state index < -0.39 is 0 Å². The summed E-state index contributed by atoms with van der Waals surface area (Å²) in [5, 5.41) is 1.52. The van der Waals surface area contributed by atoms with E-state index in [-0.39, 0.29) is 17.4 Å². The van der Waals surface area contributed by atoms with Crippen LogP contribution in [0, 0.1) is 0 Å². The standard InChI is InChI=1S/C22H23ClN2O2/c1-5-25-20-10-9-17(12-19(20)18(14(2)3)13-21(25)26)24(4)22(27)15-7-6-8-16(23)11-15/h6-14H,5H2,1-4H3. The van der Waals surface area contributed by atoms with Crippen molar-refractivity contribution < 1.29 is 4.79 Å². The number of aryl methyl sites for hydroxylation is 1. The van der Waals surface area contributed by atoms with Gasteiger partial charge in [-0.3, -0.25) is 9.59 Å². The van der Waals surface area contributed by atoms with Crippen LogP contribution < -0.4 is 10.5 Å². The van der Waals surface area contributed by atoms with Gasteiger partial charge in [-0.15, -0.1) is 0 Å². The number of pyridine rings is 1. The van der Waals surface area contributed by atoms with E-state index in [4.69, 9.17) is 11.6 Å². The highest BCUT2D eigenvalue weighted by molar-refractivity contribution is 6.31. The predicted octanol–water partition coefficient (Wildman–Crippen LogP) is 5.07. The smallest absolute Gasteiger partial charge is 0.258 e. The number of benzene rings is 2. The fraction of sp³-hybridized carbons (Fsp3) is 0.273. The van der Waals surface area contributed by atoms with Crippen LogP contribution in [0.1, 0.15) is 42.6 Å². The molecule has 1 amide bonds. The summed E-state index contributed by atoms with van der Waals surface area (Å²) in [7, 11) is 1.75. The first-order valence-electron chi connectivity index (χ1n) is 9.04. The topological polar surface area (TPSA) is 42.3 Å². The van der Waals surface area contributed by atoms with Gasteiger partial charge in [0.15, 0.2) is 0 Å². The van der Waals surface area contributed by atoms with Crippen molar-refractivity contribution in [2.24, 2.45) is 0 Å². The molecule has 1 heterocycles. The van der Waals surface area contributed by atoms with E-state index >= 15 is 0 Å². The molecule has 27 heavy (non-hydrogen) atoms. The van der Waals surface area contributed by atoms with Gasteiger partial charge in [0.2, 0.25) is 0 Å². The van der Waals surface area contributed by atoms with E-state index in [9.17, 15) is 9.59 Å². The second-order valence-corrected chi connectivity index (χ2v) is 7.35. The first kappa shape index (κ1) is 19.2. The minimum absolute atomic E-state index is 0.00445. The monoisotopic (exact) mass is 382 g/mol. The van der Waals surface area contributed by atoms with Crippen LogP contribution in [0.3, 0.4) is 0 Å². The van der Waals surface area contributed by atoms with Crippen LogP contribution >= 0.6 is 11.6 Å². The average Bonchev–Trinajstić information content (AvgIpc) is 2.65. The lowest BCUT2D eigenvalue weighted by Crippen LogP contribution is -2.26. The normalized spacial score (nSPS) is 11.2. The van der Waals surface area contributed by atoms with Gasteiger partial charge in [-0.1, -0.05) is 31.5 Å². The van der Waals surface area contributed by atoms with Gasteiger partial charge >= 0.3 is 0 Å². The predicted molar refractivity (Wildman–Crippen MR) is 112 cm³/mol. The van der Waals surface area contributed by atoms with Gasteiger partial charge in [0.05, 0.1) is 5.52 Å². The van der Waals surface area contributed by atoms with Crippen LogP contribution in [0.5, 0.6) is 0 Å². The maximum Gasteiger partial charge on any atom is 0.258 e. The molecule has 0 aliphatic heterocycles. The lowest BCUT2D eigenvalue weighted by Gasteiger charge is -2.20. The fourth-order valence-corrected chi connectivity index (χ4v) is 3.53. The fourth-order valence-electron chi connectivity index (χ4n) is 3.34. The number of aromatic nitrogens is 1. The van der Waals surface area contributed by atoms with E-state index in [0.29, 0.717) is 17.1 Å². The number of hydrogen-bond acceptors (Lipinski definition) is 2. The summed E-state index contributed by atoms with van der Waals surface area (Å²) in [5.41, 5.74) is 3.19. The molecule has 1 aromatic heterocycles. The molecule has 0 radical (unpaired) electrons. The largest absolute Gasteiger partial charge is 0.311 e. The molecule has 0 aliphatic rings. The highest BCUT2D eigenvalue weighted by atomic mass is 35.5. The molecule has 2 aromatic carbocycles. The third-order valence-electron chi connectivity index (χ3n) is 4.83. The molecule has 3 rings (SSSR count). The van der Waals surface area contributed by atoms with Crippen molar-refractivity contribution in [3.8, 4) is 0 Å². The zero-order valence-electron chi connectivity index (χ0n) is 16.0. The summed E-state index contributed by atoms with van der Waals surface area (Å²) in [6, 6.07) is 14.4. The third kappa shape index (κ3) is 3.62. The number of anilines is 1. The van der Waals surface area contributed by atoms with Crippen LogP contribution in [0.4, 0.5) is 5.69 Å². The van der Waals surface area contributed by atoms with Crippen molar-refractivity contribution in [3.63, 3.8) is 0 Å². The van der Waals surface area contributed by atoms with Gasteiger partial charge in [-0.05, 0) is 54.8 Å². The van der Waals surface area contributed by atoms with Crippen LogP contribution in [0.15, 0.2) is 53.3 Å². The van der Waals surface area contributed by atoms with Gasteiger partial charge in [0, 0.05) is 41.3 Å². The first-order chi connectivity index (χ1) is 12.8. The lowest BCUT2D eigenvalue weighted by molar-refractivity contribution is 0.0993. The summed E-state index contributed by atoms with van der Waals surface area (Å²) in [6.07, 6.45) is 0. The van der Waals surface area contributed by atoms with E-state index in [1.807, 2.05) is 25.1 Å². The zero-order valence-corrected chi connectivity index (χ0v) is 16.7. The molecule has 0 atom stereocenters. The molecule has 3 aromatic rings. The van der Waals surface area contributed by atoms with Gasteiger partial charge in [-0.25, -0.2) is 0 Å². The molecule has 0 saturated heterocycles. The summed E-state index contributed by atoms with van der Waals surface area (Å²) >= 11 is 6.02. The molecular formula is C22H23ClN2O2. The molecule has 0 aliphatic carbocycles. The molecule has 140 valence electrons. The Hall–Kier alpha value is -2.59. The minimum Gasteiger partial charge on any atom is -0.311 e. The Morgan fingerprint density at radius 1 is 1.15 bits per heavy atom. The number of carbonyl (C=O) groups excluding carboxylic acids is 1. The van der Waals surface area contributed by atoms with Crippen LogP contribution in [-0.4, -0.2) is 17.5 Å². The highest BCUT2D eigenvalue weighted by Gasteiger charge is 2.17. The van der Waals surface area contributed by atoms with E-state index in [0.717, 1.165) is 22.2 Å². The molecule has 0 N–H and O–H groups in total. The molecule has 0 saturated carbocycles. The van der Waals surface area contributed by atoms with E-state index in [1.54, 1.807) is 46.8 Å². The summed E-state index contributed by atoms with van der Waals surface area (Å²) in [6.45, 7) is 6.69. The van der Waals surface area contributed by atoms with Gasteiger partial charge < -0.3 is 9.47 Å². The number of amides is 1. The van der Waals surface area contributed by atoms with Crippen LogP contribution in [0.25, 0.3) is 10.9 Å². The Morgan fingerprint density at radius 3 is 2.52 bits per heavy atom. The highest BCUT2D eigenvalue weighted by Crippen LogP contribution is 2.28. The second-order valence-electron chi connectivity index (χ2n) is 6.91. The lowest BCUT2D eigenvalue weighted by atomic mass is 9.98. The SMILES string of the molecule is CCn1c(=O)cc(C(C)C)c2cc(N(C)C(=O)c3cccc(Cl)c3)ccc21. The van der Waals surface area contributed by atoms with Gasteiger partial charge in [0.1, 0.15) is 0 Å². The van der Waals surface area contributed by atoms with Crippen molar-refractivity contribution in [2.75, 3.05) is 11.9 Å². The quantitative estimate of drug-likeness (QED) is 0.631. The number of hydrogen-bond donors (Lipinski definition) is 0. The molecular weight excluding hydrogens is 360 g/mol. The number of carbonyl (C=O) groups is 1. The van der Waals surface area contributed by atoms with Crippen molar-refractivity contribution in [1.82, 2.24) is 4.57 Å². The maximum atomic E-state index is 12.8. The van der Waals surface area contributed by atoms with Crippen LogP contribution in [0.2, 0.25) is 5.02 Å². The summed E-state index contributed by atoms with van der Waals surface area (Å²) < 4.78 is 1.75. The minimum atomic E-state index is -0.133. The molecule has 4 nitrogen and oxygen atoms in total. The molecule has 0 unspecified atom stereocenters. The Bertz CT molecular complexity index is 1070. The average molecular weight is 383 g/mol. The second kappa shape index (κ2) is 7.57.